The van der Waals surface area contributed by atoms with Crippen molar-refractivity contribution >= 4 is 45.6 Å². The fourth-order valence-corrected chi connectivity index (χ4v) is 2.83. The average Bonchev–Trinajstić information content (AvgIpc) is 3.08. The number of nitrogens with zero attached hydrogens (tertiary/aromatic N) is 3. The number of carbonyl (C=O) groups is 1. The number of pyridine rings is 1. The molecule has 1 N–H and O–H groups in total. The summed E-state index contributed by atoms with van der Waals surface area (Å²) in [6, 6.07) is 11.2. The van der Waals surface area contributed by atoms with Gasteiger partial charge in [-0.05, 0) is 36.8 Å². The Balaban J connectivity index is 1.74. The minimum absolute atomic E-state index is 0.253. The first-order chi connectivity index (χ1) is 11.6. The second-order valence-corrected chi connectivity index (χ2v) is 6.40. The standard InChI is InChI=1S/C17H13ClN4OS/c1-11-4-6-13(7-5-11)20-15(23)17-22-21-16(24-17)14(18)9-12-3-2-8-19-10-12/h2-10H,1H3,(H,20,23). The van der Waals surface area contributed by atoms with E-state index >= 15 is 0 Å². The molecule has 0 saturated carbocycles. The van der Waals surface area contributed by atoms with Crippen molar-refractivity contribution in [3.63, 3.8) is 0 Å². The van der Waals surface area contributed by atoms with Gasteiger partial charge in [0.25, 0.3) is 5.91 Å². The molecular formula is C17H13ClN4OS. The molecule has 1 aromatic carbocycles. The lowest BCUT2D eigenvalue weighted by atomic mass is 10.2. The molecule has 24 heavy (non-hydrogen) atoms. The molecule has 2 aromatic heterocycles. The summed E-state index contributed by atoms with van der Waals surface area (Å²) in [5.74, 6) is -0.312. The maximum absolute atomic E-state index is 12.2. The third-order valence-electron chi connectivity index (χ3n) is 3.11. The number of hydrogen-bond acceptors (Lipinski definition) is 5. The minimum Gasteiger partial charge on any atom is -0.320 e. The summed E-state index contributed by atoms with van der Waals surface area (Å²) in [4.78, 5) is 16.2. The molecule has 0 unspecified atom stereocenters. The smallest absolute Gasteiger partial charge is 0.286 e. The van der Waals surface area contributed by atoms with Crippen molar-refractivity contribution in [2.75, 3.05) is 5.32 Å². The first-order valence-corrected chi connectivity index (χ1v) is 8.30. The van der Waals surface area contributed by atoms with E-state index in [4.69, 9.17) is 11.6 Å². The zero-order valence-electron chi connectivity index (χ0n) is 12.7. The molecule has 0 fully saturated rings. The number of hydrogen-bond donors (Lipinski definition) is 1. The Morgan fingerprint density at radius 1 is 1.17 bits per heavy atom. The highest BCUT2D eigenvalue weighted by Crippen LogP contribution is 2.25. The number of halogens is 1. The molecular weight excluding hydrogens is 344 g/mol. The summed E-state index contributed by atoms with van der Waals surface area (Å²) in [5, 5.41) is 11.8. The second-order valence-electron chi connectivity index (χ2n) is 5.01. The van der Waals surface area contributed by atoms with E-state index in [9.17, 15) is 4.79 Å². The van der Waals surface area contributed by atoms with Crippen molar-refractivity contribution in [2.24, 2.45) is 0 Å². The molecule has 1 amide bonds. The first kappa shape index (κ1) is 16.3. The molecule has 0 aliphatic carbocycles. The zero-order valence-corrected chi connectivity index (χ0v) is 14.3. The van der Waals surface area contributed by atoms with Crippen LogP contribution in [0.15, 0.2) is 48.8 Å². The summed E-state index contributed by atoms with van der Waals surface area (Å²) in [6.07, 6.45) is 5.11. The van der Waals surface area contributed by atoms with Crippen LogP contribution in [0.4, 0.5) is 5.69 Å². The van der Waals surface area contributed by atoms with E-state index in [1.807, 2.05) is 43.3 Å². The highest BCUT2D eigenvalue weighted by atomic mass is 35.5. The van der Waals surface area contributed by atoms with Gasteiger partial charge in [-0.25, -0.2) is 0 Å². The van der Waals surface area contributed by atoms with Gasteiger partial charge in [0.05, 0.1) is 5.03 Å². The van der Waals surface area contributed by atoms with E-state index in [2.05, 4.69) is 20.5 Å². The van der Waals surface area contributed by atoms with Crippen LogP contribution < -0.4 is 5.32 Å². The summed E-state index contributed by atoms with van der Waals surface area (Å²) in [5.41, 5.74) is 2.68. The number of amides is 1. The lowest BCUT2D eigenvalue weighted by Crippen LogP contribution is -2.11. The van der Waals surface area contributed by atoms with Gasteiger partial charge in [0.1, 0.15) is 0 Å². The SMILES string of the molecule is Cc1ccc(NC(=O)c2nnc(C(Cl)=Cc3cccnc3)s2)cc1. The van der Waals surface area contributed by atoms with Gasteiger partial charge in [-0.15, -0.1) is 10.2 Å². The summed E-state index contributed by atoms with van der Waals surface area (Å²) < 4.78 is 0. The van der Waals surface area contributed by atoms with Gasteiger partial charge in [0.15, 0.2) is 5.01 Å². The summed E-state index contributed by atoms with van der Waals surface area (Å²) >= 11 is 7.38. The molecule has 0 radical (unpaired) electrons. The van der Waals surface area contributed by atoms with Gasteiger partial charge in [0.2, 0.25) is 5.01 Å². The molecule has 120 valence electrons. The van der Waals surface area contributed by atoms with E-state index in [1.54, 1.807) is 18.5 Å². The number of benzene rings is 1. The third-order valence-corrected chi connectivity index (χ3v) is 4.47. The Kier molecular flexibility index (Phi) is 4.98. The molecule has 7 heteroatoms. The molecule has 0 spiro atoms. The van der Waals surface area contributed by atoms with Gasteiger partial charge in [-0.2, -0.15) is 0 Å². The van der Waals surface area contributed by atoms with Crippen molar-refractivity contribution in [1.29, 1.82) is 0 Å². The number of nitrogens with one attached hydrogen (secondary N) is 1. The highest BCUT2D eigenvalue weighted by molar-refractivity contribution is 7.15. The van der Waals surface area contributed by atoms with Crippen LogP contribution in [0.3, 0.4) is 0 Å². The lowest BCUT2D eigenvalue weighted by Gasteiger charge is -2.02. The number of aromatic nitrogens is 3. The largest absolute Gasteiger partial charge is 0.320 e. The highest BCUT2D eigenvalue weighted by Gasteiger charge is 2.14. The average molecular weight is 357 g/mol. The Bertz CT molecular complexity index is 875. The predicted molar refractivity (Wildman–Crippen MR) is 97.0 cm³/mol. The minimum atomic E-state index is -0.312. The van der Waals surface area contributed by atoms with Gasteiger partial charge >= 0.3 is 0 Å². The normalized spacial score (nSPS) is 11.3. The molecule has 3 aromatic rings. The zero-order chi connectivity index (χ0) is 16.9. The van der Waals surface area contributed by atoms with Crippen molar-refractivity contribution in [3.8, 4) is 0 Å². The number of aryl methyl sites for hydroxylation is 1. The summed E-state index contributed by atoms with van der Waals surface area (Å²) in [6.45, 7) is 1.99. The van der Waals surface area contributed by atoms with Gasteiger partial charge in [0, 0.05) is 18.1 Å². The van der Waals surface area contributed by atoms with Crippen LogP contribution in [0, 0.1) is 6.92 Å². The molecule has 0 bridgehead atoms. The van der Waals surface area contributed by atoms with Crippen LogP contribution in [0.1, 0.15) is 25.9 Å². The Morgan fingerprint density at radius 2 is 1.92 bits per heavy atom. The lowest BCUT2D eigenvalue weighted by molar-refractivity contribution is 0.102. The fraction of sp³-hybridized carbons (Fsp3) is 0.0588. The van der Waals surface area contributed by atoms with Crippen LogP contribution in [0.5, 0.6) is 0 Å². The molecule has 0 atom stereocenters. The van der Waals surface area contributed by atoms with Crippen molar-refractivity contribution < 1.29 is 4.79 Å². The Labute approximate surface area is 148 Å². The predicted octanol–water partition coefficient (Wildman–Crippen LogP) is 4.23. The van der Waals surface area contributed by atoms with Crippen LogP contribution in [-0.4, -0.2) is 21.1 Å². The molecule has 0 saturated heterocycles. The number of carbonyl (C=O) groups excluding carboxylic acids is 1. The van der Waals surface area contributed by atoms with E-state index < -0.39 is 0 Å². The molecule has 5 nitrogen and oxygen atoms in total. The third kappa shape index (κ3) is 4.04. The Morgan fingerprint density at radius 3 is 2.62 bits per heavy atom. The maximum Gasteiger partial charge on any atom is 0.286 e. The molecule has 0 aliphatic heterocycles. The van der Waals surface area contributed by atoms with Crippen LogP contribution >= 0.6 is 22.9 Å². The number of rotatable bonds is 4. The van der Waals surface area contributed by atoms with Crippen LogP contribution in [-0.2, 0) is 0 Å². The molecule has 3 rings (SSSR count). The van der Waals surface area contributed by atoms with Crippen LogP contribution in [0.25, 0.3) is 11.1 Å². The Hall–Kier alpha value is -2.57. The summed E-state index contributed by atoms with van der Waals surface area (Å²) in [7, 11) is 0. The van der Waals surface area contributed by atoms with Gasteiger partial charge in [-0.3, -0.25) is 9.78 Å². The topological polar surface area (TPSA) is 67.8 Å². The van der Waals surface area contributed by atoms with Gasteiger partial charge in [-0.1, -0.05) is 46.7 Å². The van der Waals surface area contributed by atoms with E-state index in [1.165, 1.54) is 0 Å². The maximum atomic E-state index is 12.2. The van der Waals surface area contributed by atoms with E-state index in [-0.39, 0.29) is 10.9 Å². The molecule has 0 aliphatic rings. The monoisotopic (exact) mass is 356 g/mol. The van der Waals surface area contributed by atoms with Crippen molar-refractivity contribution in [1.82, 2.24) is 15.2 Å². The van der Waals surface area contributed by atoms with Gasteiger partial charge < -0.3 is 5.32 Å². The second kappa shape index (κ2) is 7.33. The van der Waals surface area contributed by atoms with E-state index in [0.717, 1.165) is 22.5 Å². The van der Waals surface area contributed by atoms with Crippen molar-refractivity contribution in [3.05, 3.63) is 69.9 Å². The van der Waals surface area contributed by atoms with E-state index in [0.29, 0.717) is 15.7 Å². The molecule has 2 heterocycles. The van der Waals surface area contributed by atoms with Crippen molar-refractivity contribution in [2.45, 2.75) is 6.92 Å². The fourth-order valence-electron chi connectivity index (χ4n) is 1.90. The number of anilines is 1. The van der Waals surface area contributed by atoms with Crippen LogP contribution in [0.2, 0.25) is 0 Å². The quantitative estimate of drug-likeness (QED) is 0.759. The first-order valence-electron chi connectivity index (χ1n) is 7.11.